The summed E-state index contributed by atoms with van der Waals surface area (Å²) in [5.41, 5.74) is 1.22. The highest BCUT2D eigenvalue weighted by Gasteiger charge is 2.15. The quantitative estimate of drug-likeness (QED) is 0.811. The molecule has 0 aromatic heterocycles. The first-order chi connectivity index (χ1) is 12.1. The maximum Gasteiger partial charge on any atom is 0.341 e. The van der Waals surface area contributed by atoms with E-state index in [-0.39, 0.29) is 17.9 Å². The van der Waals surface area contributed by atoms with Crippen LogP contribution in [0.5, 0.6) is 11.5 Å². The molecule has 25 heavy (non-hydrogen) atoms. The Morgan fingerprint density at radius 1 is 1.12 bits per heavy atom. The molecular weight excluding hydrogens is 324 g/mol. The highest BCUT2D eigenvalue weighted by atomic mass is 16.5. The van der Waals surface area contributed by atoms with Crippen molar-refractivity contribution in [3.05, 3.63) is 53.6 Å². The van der Waals surface area contributed by atoms with Crippen LogP contribution >= 0.6 is 0 Å². The summed E-state index contributed by atoms with van der Waals surface area (Å²) in [5, 5.41) is 11.4. The molecule has 2 aromatic rings. The van der Waals surface area contributed by atoms with Gasteiger partial charge in [-0.2, -0.15) is 5.26 Å². The Morgan fingerprint density at radius 3 is 2.44 bits per heavy atom. The SMILES string of the molecule is COC(=O)c1ccc(OC)cc1OCC(=O)Nc1ccc(C#N)cc1. The number of anilines is 1. The molecule has 0 bridgehead atoms. The Morgan fingerprint density at radius 2 is 1.84 bits per heavy atom. The number of benzene rings is 2. The van der Waals surface area contributed by atoms with Crippen LogP contribution in [0.25, 0.3) is 0 Å². The van der Waals surface area contributed by atoms with Gasteiger partial charge in [-0.15, -0.1) is 0 Å². The molecule has 0 saturated carbocycles. The molecule has 128 valence electrons. The lowest BCUT2D eigenvalue weighted by Crippen LogP contribution is -2.21. The molecule has 0 heterocycles. The van der Waals surface area contributed by atoms with E-state index in [9.17, 15) is 9.59 Å². The van der Waals surface area contributed by atoms with Gasteiger partial charge in [0.1, 0.15) is 17.1 Å². The summed E-state index contributed by atoms with van der Waals surface area (Å²) in [5.74, 6) is -0.329. The van der Waals surface area contributed by atoms with Crippen molar-refractivity contribution in [1.82, 2.24) is 0 Å². The van der Waals surface area contributed by atoms with Gasteiger partial charge in [0.15, 0.2) is 6.61 Å². The van der Waals surface area contributed by atoms with E-state index >= 15 is 0 Å². The van der Waals surface area contributed by atoms with Crippen LogP contribution in [-0.2, 0) is 9.53 Å². The van der Waals surface area contributed by atoms with Crippen LogP contribution in [0.3, 0.4) is 0 Å². The van der Waals surface area contributed by atoms with Crippen molar-refractivity contribution in [2.75, 3.05) is 26.1 Å². The largest absolute Gasteiger partial charge is 0.497 e. The van der Waals surface area contributed by atoms with Crippen LogP contribution < -0.4 is 14.8 Å². The summed E-state index contributed by atoms with van der Waals surface area (Å²) in [6.45, 7) is -0.308. The molecule has 0 fully saturated rings. The third-order valence-corrected chi connectivity index (χ3v) is 3.25. The van der Waals surface area contributed by atoms with Crippen LogP contribution in [0.15, 0.2) is 42.5 Å². The van der Waals surface area contributed by atoms with Gasteiger partial charge in [0.2, 0.25) is 0 Å². The lowest BCUT2D eigenvalue weighted by Gasteiger charge is -2.12. The van der Waals surface area contributed by atoms with Gasteiger partial charge in [0.05, 0.1) is 25.9 Å². The number of nitriles is 1. The van der Waals surface area contributed by atoms with Crippen LogP contribution in [0.4, 0.5) is 5.69 Å². The number of ether oxygens (including phenoxy) is 3. The lowest BCUT2D eigenvalue weighted by molar-refractivity contribution is -0.118. The average molecular weight is 340 g/mol. The molecule has 0 spiro atoms. The maximum absolute atomic E-state index is 12.0. The van der Waals surface area contributed by atoms with E-state index in [1.807, 2.05) is 6.07 Å². The number of amides is 1. The van der Waals surface area contributed by atoms with E-state index in [1.165, 1.54) is 26.4 Å². The summed E-state index contributed by atoms with van der Waals surface area (Å²) in [4.78, 5) is 23.8. The number of hydrogen-bond acceptors (Lipinski definition) is 6. The topological polar surface area (TPSA) is 97.7 Å². The van der Waals surface area contributed by atoms with Gasteiger partial charge in [0, 0.05) is 11.8 Å². The fourth-order valence-corrected chi connectivity index (χ4v) is 2.00. The minimum absolute atomic E-state index is 0.182. The Bertz CT molecular complexity index is 809. The molecule has 7 nitrogen and oxygen atoms in total. The van der Waals surface area contributed by atoms with Gasteiger partial charge in [0.25, 0.3) is 5.91 Å². The number of esters is 1. The monoisotopic (exact) mass is 340 g/mol. The Hall–Kier alpha value is -3.53. The van der Waals surface area contributed by atoms with E-state index in [1.54, 1.807) is 30.3 Å². The maximum atomic E-state index is 12.0. The van der Waals surface area contributed by atoms with Gasteiger partial charge in [-0.3, -0.25) is 4.79 Å². The average Bonchev–Trinajstić information content (AvgIpc) is 2.66. The van der Waals surface area contributed by atoms with E-state index in [0.29, 0.717) is 17.0 Å². The zero-order chi connectivity index (χ0) is 18.2. The number of nitrogens with zero attached hydrogens (tertiary/aromatic N) is 1. The number of methoxy groups -OCH3 is 2. The molecule has 0 unspecified atom stereocenters. The first-order valence-corrected chi connectivity index (χ1v) is 7.26. The van der Waals surface area contributed by atoms with Crippen molar-refractivity contribution in [3.63, 3.8) is 0 Å². The zero-order valence-electron chi connectivity index (χ0n) is 13.7. The van der Waals surface area contributed by atoms with Gasteiger partial charge < -0.3 is 19.5 Å². The number of rotatable bonds is 6. The minimum atomic E-state index is -0.579. The third-order valence-electron chi connectivity index (χ3n) is 3.25. The molecule has 0 aliphatic carbocycles. The van der Waals surface area contributed by atoms with E-state index in [0.717, 1.165) is 0 Å². The number of nitrogens with one attached hydrogen (secondary N) is 1. The molecule has 0 aliphatic rings. The Kier molecular flexibility index (Phi) is 5.96. The second-order valence-corrected chi connectivity index (χ2v) is 4.88. The van der Waals surface area contributed by atoms with E-state index in [4.69, 9.17) is 14.7 Å². The van der Waals surface area contributed by atoms with Crippen molar-refractivity contribution >= 4 is 17.6 Å². The van der Waals surface area contributed by atoms with Crippen molar-refractivity contribution < 1.29 is 23.8 Å². The van der Waals surface area contributed by atoms with Crippen molar-refractivity contribution in [2.45, 2.75) is 0 Å². The second kappa shape index (κ2) is 8.36. The lowest BCUT2D eigenvalue weighted by atomic mass is 10.2. The van der Waals surface area contributed by atoms with E-state index in [2.05, 4.69) is 10.1 Å². The molecule has 1 amide bonds. The highest BCUT2D eigenvalue weighted by Crippen LogP contribution is 2.25. The molecule has 0 atom stereocenters. The summed E-state index contributed by atoms with van der Waals surface area (Å²) in [7, 11) is 2.74. The first kappa shape index (κ1) is 17.8. The van der Waals surface area contributed by atoms with Gasteiger partial charge in [-0.05, 0) is 36.4 Å². The fourth-order valence-electron chi connectivity index (χ4n) is 2.00. The fraction of sp³-hybridized carbons (Fsp3) is 0.167. The Balaban J connectivity index is 2.05. The van der Waals surface area contributed by atoms with E-state index < -0.39 is 11.9 Å². The van der Waals surface area contributed by atoms with Crippen LogP contribution in [-0.4, -0.2) is 32.7 Å². The predicted octanol–water partition coefficient (Wildman–Crippen LogP) is 2.37. The number of carbonyl (C=O) groups is 2. The second-order valence-electron chi connectivity index (χ2n) is 4.88. The van der Waals surface area contributed by atoms with Gasteiger partial charge in [-0.25, -0.2) is 4.79 Å². The van der Waals surface area contributed by atoms with Crippen molar-refractivity contribution in [1.29, 1.82) is 5.26 Å². The molecule has 0 radical (unpaired) electrons. The summed E-state index contributed by atoms with van der Waals surface area (Å²) in [6.07, 6.45) is 0. The first-order valence-electron chi connectivity index (χ1n) is 7.26. The highest BCUT2D eigenvalue weighted by molar-refractivity contribution is 5.94. The van der Waals surface area contributed by atoms with Crippen LogP contribution in [0, 0.1) is 11.3 Å². The summed E-state index contributed by atoms with van der Waals surface area (Å²) < 4.78 is 15.2. The smallest absolute Gasteiger partial charge is 0.341 e. The molecule has 2 rings (SSSR count). The van der Waals surface area contributed by atoms with Crippen LogP contribution in [0.2, 0.25) is 0 Å². The normalized spacial score (nSPS) is 9.64. The zero-order valence-corrected chi connectivity index (χ0v) is 13.7. The number of carbonyl (C=O) groups excluding carboxylic acids is 2. The molecular formula is C18H16N2O5. The van der Waals surface area contributed by atoms with Crippen molar-refractivity contribution in [2.24, 2.45) is 0 Å². The molecule has 0 aliphatic heterocycles. The summed E-state index contributed by atoms with van der Waals surface area (Å²) >= 11 is 0. The predicted molar refractivity (Wildman–Crippen MR) is 89.6 cm³/mol. The molecule has 7 heteroatoms. The standard InChI is InChI=1S/C18H16N2O5/c1-23-14-7-8-15(18(22)24-2)16(9-14)25-11-17(21)20-13-5-3-12(10-19)4-6-13/h3-9H,11H2,1-2H3,(H,20,21). The minimum Gasteiger partial charge on any atom is -0.497 e. The van der Waals surface area contributed by atoms with Crippen LogP contribution in [0.1, 0.15) is 15.9 Å². The third kappa shape index (κ3) is 4.72. The van der Waals surface area contributed by atoms with Crippen molar-refractivity contribution in [3.8, 4) is 17.6 Å². The number of hydrogen-bond donors (Lipinski definition) is 1. The molecule has 0 saturated heterocycles. The molecule has 2 aromatic carbocycles. The molecule has 1 N–H and O–H groups in total. The van der Waals surface area contributed by atoms with Gasteiger partial charge in [-0.1, -0.05) is 0 Å². The van der Waals surface area contributed by atoms with Gasteiger partial charge >= 0.3 is 5.97 Å². The summed E-state index contributed by atoms with van der Waals surface area (Å²) in [6, 6.07) is 13.0. The Labute approximate surface area is 144 Å².